The molecular formula is C13H13BrFNO2S2. The van der Waals surface area contributed by atoms with Crippen molar-refractivity contribution in [2.75, 3.05) is 0 Å². The zero-order chi connectivity index (χ0) is 14.8. The van der Waals surface area contributed by atoms with Crippen LogP contribution in [0.5, 0.6) is 0 Å². The van der Waals surface area contributed by atoms with Gasteiger partial charge in [0.1, 0.15) is 10.0 Å². The number of nitrogens with one attached hydrogen (secondary N) is 1. The Morgan fingerprint density at radius 2 is 1.95 bits per heavy atom. The van der Waals surface area contributed by atoms with Crippen LogP contribution in [-0.2, 0) is 16.4 Å². The molecule has 20 heavy (non-hydrogen) atoms. The second kappa shape index (κ2) is 6.34. The Bertz CT molecular complexity index is 683. The van der Waals surface area contributed by atoms with Gasteiger partial charge in [0.25, 0.3) is 10.0 Å². The highest BCUT2D eigenvalue weighted by atomic mass is 79.9. The van der Waals surface area contributed by atoms with E-state index < -0.39 is 10.0 Å². The first-order valence-corrected chi connectivity index (χ1v) is 9.04. The molecule has 0 radical (unpaired) electrons. The first-order valence-electron chi connectivity index (χ1n) is 5.88. The van der Waals surface area contributed by atoms with Crippen LogP contribution in [-0.4, -0.2) is 14.5 Å². The molecule has 0 aliphatic rings. The predicted octanol–water partition coefficient (Wildman–Crippen LogP) is 3.56. The Kier molecular flexibility index (Phi) is 4.95. The third-order valence-electron chi connectivity index (χ3n) is 2.64. The average molecular weight is 378 g/mol. The molecule has 0 bridgehead atoms. The zero-order valence-corrected chi connectivity index (χ0v) is 13.9. The van der Waals surface area contributed by atoms with E-state index in [-0.39, 0.29) is 16.1 Å². The van der Waals surface area contributed by atoms with Gasteiger partial charge in [0, 0.05) is 10.5 Å². The summed E-state index contributed by atoms with van der Waals surface area (Å²) < 4.78 is 40.6. The maximum Gasteiger partial charge on any atom is 0.251 e. The summed E-state index contributed by atoms with van der Waals surface area (Å²) in [6.45, 7) is 1.78. The minimum Gasteiger partial charge on any atom is -0.207 e. The largest absolute Gasteiger partial charge is 0.251 e. The number of hydrogen-bond acceptors (Lipinski definition) is 3. The molecule has 0 aliphatic carbocycles. The summed E-state index contributed by atoms with van der Waals surface area (Å²) in [7, 11) is -3.53. The van der Waals surface area contributed by atoms with E-state index in [1.807, 2.05) is 0 Å². The summed E-state index contributed by atoms with van der Waals surface area (Å²) in [6, 6.07) is 7.46. The summed E-state index contributed by atoms with van der Waals surface area (Å²) >= 11 is 4.38. The van der Waals surface area contributed by atoms with Crippen LogP contribution in [0.1, 0.15) is 12.5 Å². The van der Waals surface area contributed by atoms with E-state index in [1.165, 1.54) is 12.1 Å². The van der Waals surface area contributed by atoms with Gasteiger partial charge in [0.15, 0.2) is 0 Å². The summed E-state index contributed by atoms with van der Waals surface area (Å²) in [4.78, 5) is 0. The van der Waals surface area contributed by atoms with Crippen molar-refractivity contribution >= 4 is 37.3 Å². The molecule has 0 amide bonds. The fourth-order valence-electron chi connectivity index (χ4n) is 1.81. The molecule has 1 heterocycles. The Morgan fingerprint density at radius 1 is 1.30 bits per heavy atom. The van der Waals surface area contributed by atoms with Crippen molar-refractivity contribution in [2.45, 2.75) is 23.6 Å². The molecule has 2 aromatic rings. The third-order valence-corrected chi connectivity index (χ3v) is 6.90. The molecule has 1 atom stereocenters. The van der Waals surface area contributed by atoms with Gasteiger partial charge in [-0.1, -0.05) is 12.1 Å². The molecule has 3 nitrogen and oxygen atoms in total. The van der Waals surface area contributed by atoms with Gasteiger partial charge in [-0.15, -0.1) is 11.3 Å². The van der Waals surface area contributed by atoms with Crippen LogP contribution in [0, 0.1) is 5.82 Å². The van der Waals surface area contributed by atoms with Gasteiger partial charge in [0.2, 0.25) is 0 Å². The zero-order valence-electron chi connectivity index (χ0n) is 10.6. The Balaban J connectivity index is 2.06. The first kappa shape index (κ1) is 15.6. The van der Waals surface area contributed by atoms with Gasteiger partial charge in [-0.25, -0.2) is 17.5 Å². The van der Waals surface area contributed by atoms with Crippen molar-refractivity contribution in [3.8, 4) is 0 Å². The van der Waals surface area contributed by atoms with E-state index in [4.69, 9.17) is 0 Å². The quantitative estimate of drug-likeness (QED) is 0.865. The fraction of sp³-hybridized carbons (Fsp3) is 0.231. The second-order valence-corrected chi connectivity index (χ2v) is 8.09. The lowest BCUT2D eigenvalue weighted by atomic mass is 10.1. The molecule has 0 spiro atoms. The lowest BCUT2D eigenvalue weighted by molar-refractivity contribution is 0.561. The van der Waals surface area contributed by atoms with Crippen molar-refractivity contribution in [3.63, 3.8) is 0 Å². The molecular weight excluding hydrogens is 365 g/mol. The summed E-state index contributed by atoms with van der Waals surface area (Å²) in [6.07, 6.45) is 0.502. The van der Waals surface area contributed by atoms with Gasteiger partial charge in [-0.2, -0.15) is 0 Å². The van der Waals surface area contributed by atoms with Crippen LogP contribution >= 0.6 is 27.3 Å². The Labute approximate surface area is 130 Å². The second-order valence-electron chi connectivity index (χ2n) is 4.41. The molecule has 1 aromatic carbocycles. The smallest absolute Gasteiger partial charge is 0.207 e. The van der Waals surface area contributed by atoms with Crippen molar-refractivity contribution in [2.24, 2.45) is 0 Å². The molecule has 1 unspecified atom stereocenters. The number of benzene rings is 1. The van der Waals surface area contributed by atoms with Crippen LogP contribution in [0.15, 0.2) is 44.4 Å². The number of rotatable bonds is 5. The first-order chi connectivity index (χ1) is 9.38. The number of thiophene rings is 1. The molecule has 0 fully saturated rings. The Morgan fingerprint density at radius 3 is 2.50 bits per heavy atom. The van der Waals surface area contributed by atoms with Crippen molar-refractivity contribution in [1.82, 2.24) is 4.72 Å². The number of halogens is 2. The van der Waals surface area contributed by atoms with E-state index in [2.05, 4.69) is 20.7 Å². The molecule has 1 aromatic heterocycles. The molecule has 108 valence electrons. The van der Waals surface area contributed by atoms with E-state index in [1.54, 1.807) is 30.5 Å². The highest BCUT2D eigenvalue weighted by Gasteiger charge is 2.21. The van der Waals surface area contributed by atoms with Gasteiger partial charge in [0.05, 0.1) is 0 Å². The van der Waals surface area contributed by atoms with Gasteiger partial charge in [-0.3, -0.25) is 0 Å². The van der Waals surface area contributed by atoms with Crippen LogP contribution in [0.25, 0.3) is 0 Å². The van der Waals surface area contributed by atoms with E-state index in [0.29, 0.717) is 10.9 Å². The van der Waals surface area contributed by atoms with Gasteiger partial charge in [-0.05, 0) is 58.4 Å². The summed E-state index contributed by atoms with van der Waals surface area (Å²) in [5, 5.41) is 1.71. The van der Waals surface area contributed by atoms with E-state index >= 15 is 0 Å². The normalized spacial score (nSPS) is 13.3. The van der Waals surface area contributed by atoms with E-state index in [9.17, 15) is 12.8 Å². The predicted molar refractivity (Wildman–Crippen MR) is 81.9 cm³/mol. The molecule has 0 saturated carbocycles. The maximum absolute atomic E-state index is 12.8. The van der Waals surface area contributed by atoms with Crippen LogP contribution < -0.4 is 4.72 Å². The van der Waals surface area contributed by atoms with Crippen molar-refractivity contribution < 1.29 is 12.8 Å². The lowest BCUT2D eigenvalue weighted by Gasteiger charge is -2.13. The van der Waals surface area contributed by atoms with Gasteiger partial charge < -0.3 is 0 Å². The van der Waals surface area contributed by atoms with Gasteiger partial charge >= 0.3 is 0 Å². The average Bonchev–Trinajstić information content (AvgIpc) is 2.78. The fourth-order valence-corrected chi connectivity index (χ4v) is 5.40. The van der Waals surface area contributed by atoms with Crippen LogP contribution in [0.2, 0.25) is 0 Å². The monoisotopic (exact) mass is 377 g/mol. The topological polar surface area (TPSA) is 46.2 Å². The number of sulfonamides is 1. The van der Waals surface area contributed by atoms with Crippen molar-refractivity contribution in [3.05, 3.63) is 51.6 Å². The summed E-state index contributed by atoms with van der Waals surface area (Å²) in [5.41, 5.74) is 0.881. The Hall–Kier alpha value is -0.760. The maximum atomic E-state index is 12.8. The molecule has 0 saturated heterocycles. The SMILES string of the molecule is CC(Cc1ccc(F)cc1)NS(=O)(=O)c1sccc1Br. The summed E-state index contributed by atoms with van der Waals surface area (Å²) in [5.74, 6) is -0.301. The van der Waals surface area contributed by atoms with Crippen LogP contribution in [0.3, 0.4) is 0 Å². The molecule has 0 aliphatic heterocycles. The van der Waals surface area contributed by atoms with Crippen molar-refractivity contribution in [1.29, 1.82) is 0 Å². The minimum atomic E-state index is -3.53. The lowest BCUT2D eigenvalue weighted by Crippen LogP contribution is -2.33. The minimum absolute atomic E-state index is 0.267. The standard InChI is InChI=1S/C13H13BrFNO2S2/c1-9(8-10-2-4-11(15)5-3-10)16-20(17,18)13-12(14)6-7-19-13/h2-7,9,16H,8H2,1H3. The molecule has 2 rings (SSSR count). The van der Waals surface area contributed by atoms with Crippen LogP contribution in [0.4, 0.5) is 4.39 Å². The highest BCUT2D eigenvalue weighted by molar-refractivity contribution is 9.10. The number of hydrogen-bond donors (Lipinski definition) is 1. The third kappa shape index (κ3) is 3.88. The molecule has 1 N–H and O–H groups in total. The molecule has 7 heteroatoms. The van der Waals surface area contributed by atoms with E-state index in [0.717, 1.165) is 16.9 Å². The highest BCUT2D eigenvalue weighted by Crippen LogP contribution is 2.27.